The van der Waals surface area contributed by atoms with Gasteiger partial charge in [0.05, 0.1) is 12.7 Å². The lowest BCUT2D eigenvalue weighted by Gasteiger charge is -2.22. The topological polar surface area (TPSA) is 48.1 Å². The van der Waals surface area contributed by atoms with Crippen LogP contribution in [0.3, 0.4) is 0 Å². The number of hydrogen-bond donors (Lipinski definition) is 0. The Bertz CT molecular complexity index is 695. The third kappa shape index (κ3) is 1.42. The molecule has 1 saturated heterocycles. The average molecular weight is 268 g/mol. The smallest absolute Gasteiger partial charge is 0.272 e. The fourth-order valence-corrected chi connectivity index (χ4v) is 2.62. The van der Waals surface area contributed by atoms with Crippen LogP contribution in [0.25, 0.3) is 0 Å². The van der Waals surface area contributed by atoms with Crippen LogP contribution in [0.5, 0.6) is 11.5 Å². The minimum Gasteiger partial charge on any atom is -0.497 e. The largest absolute Gasteiger partial charge is 0.497 e. The Morgan fingerprint density at radius 2 is 1.95 bits per heavy atom. The van der Waals surface area contributed by atoms with Crippen LogP contribution in [0.2, 0.25) is 0 Å². The molecule has 2 unspecified atom stereocenters. The van der Waals surface area contributed by atoms with E-state index in [1.165, 1.54) is 0 Å². The number of carbonyl (C=O) groups is 1. The summed E-state index contributed by atoms with van der Waals surface area (Å²) >= 11 is 0. The lowest BCUT2D eigenvalue weighted by atomic mass is 9.96. The van der Waals surface area contributed by atoms with Gasteiger partial charge in [-0.2, -0.15) is 0 Å². The Labute approximate surface area is 115 Å². The molecule has 2 aromatic rings. The highest BCUT2D eigenvalue weighted by atomic mass is 16.8. The standard InChI is InChI=1S/C16H12O4/c1-18-11-7-8-12-13(9-11)19-16(15(20-16)14(12)17)10-5-3-2-4-6-10/h2-9,15H,1H3. The highest BCUT2D eigenvalue weighted by Crippen LogP contribution is 2.53. The number of rotatable bonds is 2. The molecule has 100 valence electrons. The van der Waals surface area contributed by atoms with Gasteiger partial charge in [0.1, 0.15) is 11.5 Å². The van der Waals surface area contributed by atoms with Gasteiger partial charge in [0, 0.05) is 11.6 Å². The van der Waals surface area contributed by atoms with E-state index in [0.29, 0.717) is 17.1 Å². The maximum Gasteiger partial charge on any atom is 0.272 e. The lowest BCUT2D eigenvalue weighted by Crippen LogP contribution is -2.30. The quantitative estimate of drug-likeness (QED) is 0.785. The van der Waals surface area contributed by atoms with Crippen LogP contribution in [-0.2, 0) is 10.5 Å². The Hall–Kier alpha value is -2.33. The summed E-state index contributed by atoms with van der Waals surface area (Å²) in [5, 5.41) is 0. The third-order valence-electron chi connectivity index (χ3n) is 3.71. The molecule has 2 aliphatic rings. The van der Waals surface area contributed by atoms with Crippen LogP contribution < -0.4 is 9.47 Å². The summed E-state index contributed by atoms with van der Waals surface area (Å²) in [6.07, 6.45) is -0.550. The molecule has 0 aromatic heterocycles. The predicted molar refractivity (Wildman–Crippen MR) is 70.9 cm³/mol. The maximum atomic E-state index is 12.4. The van der Waals surface area contributed by atoms with Crippen LogP contribution in [0.15, 0.2) is 48.5 Å². The van der Waals surface area contributed by atoms with Crippen molar-refractivity contribution in [2.45, 2.75) is 11.9 Å². The van der Waals surface area contributed by atoms with Crippen molar-refractivity contribution < 1.29 is 19.0 Å². The molecule has 0 amide bonds. The molecule has 2 heterocycles. The molecule has 2 aliphatic heterocycles. The minimum absolute atomic E-state index is 0.0437. The second kappa shape index (κ2) is 3.84. The average Bonchev–Trinajstić information content (AvgIpc) is 3.24. The van der Waals surface area contributed by atoms with Gasteiger partial charge in [-0.1, -0.05) is 30.3 Å². The van der Waals surface area contributed by atoms with Crippen molar-refractivity contribution in [3.63, 3.8) is 0 Å². The zero-order valence-electron chi connectivity index (χ0n) is 10.8. The van der Waals surface area contributed by atoms with Gasteiger partial charge >= 0.3 is 0 Å². The first-order valence-electron chi connectivity index (χ1n) is 6.39. The van der Waals surface area contributed by atoms with E-state index in [4.69, 9.17) is 14.2 Å². The van der Waals surface area contributed by atoms with Crippen molar-refractivity contribution in [3.8, 4) is 11.5 Å². The van der Waals surface area contributed by atoms with Crippen LogP contribution in [0.1, 0.15) is 15.9 Å². The SMILES string of the molecule is COc1ccc2c(c1)OC1(c3ccccc3)OC1C2=O. The van der Waals surface area contributed by atoms with Gasteiger partial charge in [0.25, 0.3) is 5.79 Å². The second-order valence-electron chi connectivity index (χ2n) is 4.86. The van der Waals surface area contributed by atoms with Gasteiger partial charge in [-0.05, 0) is 12.1 Å². The number of ketones is 1. The number of ether oxygens (including phenoxy) is 3. The molecule has 4 heteroatoms. The zero-order chi connectivity index (χ0) is 13.7. The van der Waals surface area contributed by atoms with E-state index in [1.807, 2.05) is 30.3 Å². The maximum absolute atomic E-state index is 12.4. The number of benzene rings is 2. The Morgan fingerprint density at radius 3 is 2.70 bits per heavy atom. The molecule has 4 nitrogen and oxygen atoms in total. The molecule has 2 aromatic carbocycles. The number of Topliss-reactive ketones (excluding diaryl/α,β-unsaturated/α-hetero) is 1. The number of hydrogen-bond acceptors (Lipinski definition) is 4. The molecule has 0 radical (unpaired) electrons. The Morgan fingerprint density at radius 1 is 1.15 bits per heavy atom. The summed E-state index contributed by atoms with van der Waals surface area (Å²) in [6, 6.07) is 14.7. The van der Waals surface area contributed by atoms with Gasteiger partial charge < -0.3 is 14.2 Å². The fourth-order valence-electron chi connectivity index (χ4n) is 2.62. The van der Waals surface area contributed by atoms with E-state index in [-0.39, 0.29) is 5.78 Å². The minimum atomic E-state index is -0.961. The summed E-state index contributed by atoms with van der Waals surface area (Å²) < 4.78 is 16.7. The van der Waals surface area contributed by atoms with Crippen molar-refractivity contribution in [2.75, 3.05) is 7.11 Å². The van der Waals surface area contributed by atoms with E-state index in [0.717, 1.165) is 5.56 Å². The monoisotopic (exact) mass is 268 g/mol. The van der Waals surface area contributed by atoms with Gasteiger partial charge in [0.15, 0.2) is 6.10 Å². The van der Waals surface area contributed by atoms with Crippen molar-refractivity contribution >= 4 is 5.78 Å². The predicted octanol–water partition coefficient (Wildman–Crippen LogP) is 2.52. The van der Waals surface area contributed by atoms with Crippen molar-refractivity contribution in [2.24, 2.45) is 0 Å². The molecule has 2 atom stereocenters. The number of epoxide rings is 1. The molecule has 20 heavy (non-hydrogen) atoms. The molecular formula is C16H12O4. The molecule has 0 aliphatic carbocycles. The van der Waals surface area contributed by atoms with E-state index < -0.39 is 11.9 Å². The first-order valence-corrected chi connectivity index (χ1v) is 6.39. The normalized spacial score (nSPS) is 26.2. The lowest BCUT2D eigenvalue weighted by molar-refractivity contribution is 0.0569. The summed E-state index contributed by atoms with van der Waals surface area (Å²) in [4.78, 5) is 12.4. The number of fused-ring (bicyclic) bond motifs is 2. The molecule has 0 saturated carbocycles. The molecule has 0 spiro atoms. The number of methoxy groups -OCH3 is 1. The summed E-state index contributed by atoms with van der Waals surface area (Å²) in [7, 11) is 1.58. The third-order valence-corrected chi connectivity index (χ3v) is 3.71. The molecule has 1 fully saturated rings. The van der Waals surface area contributed by atoms with Crippen LogP contribution in [0, 0.1) is 0 Å². The Kier molecular flexibility index (Phi) is 2.20. The van der Waals surface area contributed by atoms with E-state index >= 15 is 0 Å². The van der Waals surface area contributed by atoms with E-state index in [9.17, 15) is 4.79 Å². The van der Waals surface area contributed by atoms with Crippen molar-refractivity contribution in [3.05, 3.63) is 59.7 Å². The molecule has 4 rings (SSSR count). The molecular weight excluding hydrogens is 256 g/mol. The van der Waals surface area contributed by atoms with Crippen LogP contribution in [0.4, 0.5) is 0 Å². The van der Waals surface area contributed by atoms with Crippen molar-refractivity contribution in [1.29, 1.82) is 0 Å². The highest BCUT2D eigenvalue weighted by molar-refractivity contribution is 6.05. The van der Waals surface area contributed by atoms with Crippen molar-refractivity contribution in [1.82, 2.24) is 0 Å². The molecule has 0 N–H and O–H groups in total. The first kappa shape index (κ1) is 11.5. The van der Waals surface area contributed by atoms with E-state index in [1.54, 1.807) is 25.3 Å². The fraction of sp³-hybridized carbons (Fsp3) is 0.188. The summed E-state index contributed by atoms with van der Waals surface area (Å²) in [6.45, 7) is 0. The van der Waals surface area contributed by atoms with Crippen LogP contribution >= 0.6 is 0 Å². The van der Waals surface area contributed by atoms with Gasteiger partial charge in [-0.3, -0.25) is 4.79 Å². The van der Waals surface area contributed by atoms with Gasteiger partial charge in [-0.25, -0.2) is 0 Å². The Balaban J connectivity index is 1.81. The second-order valence-corrected chi connectivity index (χ2v) is 4.86. The summed E-state index contributed by atoms with van der Waals surface area (Å²) in [5.41, 5.74) is 1.40. The van der Waals surface area contributed by atoms with Crippen LogP contribution in [-0.4, -0.2) is 19.0 Å². The summed E-state index contributed by atoms with van der Waals surface area (Å²) in [5.74, 6) is 0.154. The highest BCUT2D eigenvalue weighted by Gasteiger charge is 2.67. The number of carbonyl (C=O) groups excluding carboxylic acids is 1. The molecule has 0 bridgehead atoms. The van der Waals surface area contributed by atoms with Gasteiger partial charge in [0.2, 0.25) is 5.78 Å². The van der Waals surface area contributed by atoms with Gasteiger partial charge in [-0.15, -0.1) is 0 Å². The zero-order valence-corrected chi connectivity index (χ0v) is 10.8. The first-order chi connectivity index (χ1) is 9.74. The van der Waals surface area contributed by atoms with E-state index in [2.05, 4.69) is 0 Å².